The molecule has 3 aromatic rings. The Balaban J connectivity index is 2.02. The Hall–Kier alpha value is -2.32. The highest BCUT2D eigenvalue weighted by molar-refractivity contribution is 6.30. The van der Waals surface area contributed by atoms with Gasteiger partial charge >= 0.3 is 0 Å². The third-order valence-corrected chi connectivity index (χ3v) is 5.18. The summed E-state index contributed by atoms with van der Waals surface area (Å²) in [6, 6.07) is 16.3. The molecule has 0 saturated carbocycles. The Morgan fingerprint density at radius 1 is 0.875 bits per heavy atom. The highest BCUT2D eigenvalue weighted by Crippen LogP contribution is 2.54. The highest BCUT2D eigenvalue weighted by atomic mass is 35.5. The number of halogens is 2. The molecule has 3 heteroatoms. The van der Waals surface area contributed by atoms with Gasteiger partial charge in [-0.15, -0.1) is 0 Å². The molecule has 0 heterocycles. The van der Waals surface area contributed by atoms with Gasteiger partial charge in [-0.25, -0.2) is 4.39 Å². The molecule has 1 N–H and O–H groups in total. The molecule has 0 fully saturated rings. The largest absolute Gasteiger partial charge is 0.507 e. The summed E-state index contributed by atoms with van der Waals surface area (Å²) in [5, 5.41) is 11.3. The number of hydrogen-bond donors (Lipinski definition) is 1. The molecule has 0 atom stereocenters. The van der Waals surface area contributed by atoms with Crippen molar-refractivity contribution in [2.75, 3.05) is 0 Å². The highest BCUT2D eigenvalue weighted by Gasteiger charge is 2.37. The fourth-order valence-corrected chi connectivity index (χ4v) is 3.86. The predicted octanol–water partition coefficient (Wildman–Crippen LogP) is 6.16. The van der Waals surface area contributed by atoms with E-state index >= 15 is 0 Å². The molecule has 0 aliphatic heterocycles. The first-order chi connectivity index (χ1) is 11.4. The fourth-order valence-electron chi connectivity index (χ4n) is 3.70. The van der Waals surface area contributed by atoms with E-state index in [2.05, 4.69) is 19.9 Å². The van der Waals surface area contributed by atoms with E-state index in [1.165, 1.54) is 11.6 Å². The van der Waals surface area contributed by atoms with Gasteiger partial charge in [-0.2, -0.15) is 0 Å². The van der Waals surface area contributed by atoms with Gasteiger partial charge in [0.05, 0.1) is 0 Å². The van der Waals surface area contributed by atoms with Gasteiger partial charge in [0.1, 0.15) is 11.6 Å². The third kappa shape index (κ3) is 1.99. The number of benzene rings is 3. The summed E-state index contributed by atoms with van der Waals surface area (Å²) in [6.45, 7) is 4.28. The first-order valence-electron chi connectivity index (χ1n) is 7.83. The van der Waals surface area contributed by atoms with Crippen molar-refractivity contribution in [1.29, 1.82) is 0 Å². The van der Waals surface area contributed by atoms with Crippen molar-refractivity contribution in [3.8, 4) is 28.0 Å². The van der Waals surface area contributed by atoms with Crippen molar-refractivity contribution in [3.63, 3.8) is 0 Å². The van der Waals surface area contributed by atoms with E-state index in [1.54, 1.807) is 18.2 Å². The van der Waals surface area contributed by atoms with E-state index in [0.29, 0.717) is 16.1 Å². The Kier molecular flexibility index (Phi) is 3.23. The fraction of sp³-hybridized carbons (Fsp3) is 0.143. The number of phenols is 1. The molecule has 0 saturated heterocycles. The van der Waals surface area contributed by atoms with Crippen molar-refractivity contribution in [1.82, 2.24) is 0 Å². The van der Waals surface area contributed by atoms with E-state index in [1.807, 2.05) is 24.3 Å². The molecule has 1 aliphatic carbocycles. The molecule has 3 aromatic carbocycles. The second-order valence-electron chi connectivity index (χ2n) is 6.68. The zero-order valence-electron chi connectivity index (χ0n) is 13.4. The minimum Gasteiger partial charge on any atom is -0.507 e. The summed E-state index contributed by atoms with van der Waals surface area (Å²) in [5.41, 5.74) is 4.66. The second kappa shape index (κ2) is 5.09. The second-order valence-corrected chi connectivity index (χ2v) is 7.12. The van der Waals surface area contributed by atoms with Gasteiger partial charge in [0.2, 0.25) is 0 Å². The molecular formula is C21H16ClFO. The van der Waals surface area contributed by atoms with Crippen molar-refractivity contribution >= 4 is 11.6 Å². The molecule has 1 nitrogen and oxygen atoms in total. The summed E-state index contributed by atoms with van der Waals surface area (Å²) in [6.07, 6.45) is 0. The van der Waals surface area contributed by atoms with Crippen LogP contribution in [0.5, 0.6) is 5.75 Å². The monoisotopic (exact) mass is 338 g/mol. The van der Waals surface area contributed by atoms with Crippen LogP contribution < -0.4 is 0 Å². The normalized spacial score (nSPS) is 14.3. The van der Waals surface area contributed by atoms with Crippen molar-refractivity contribution in [2.45, 2.75) is 19.3 Å². The number of aromatic hydroxyl groups is 1. The minimum atomic E-state index is -0.441. The zero-order chi connectivity index (χ0) is 17.1. The van der Waals surface area contributed by atoms with Crippen LogP contribution in [0, 0.1) is 5.82 Å². The lowest BCUT2D eigenvalue weighted by atomic mass is 9.82. The number of phenolic OH excluding ortho intramolecular Hbond substituents is 1. The molecule has 0 radical (unpaired) electrons. The van der Waals surface area contributed by atoms with Gasteiger partial charge in [-0.3, -0.25) is 0 Å². The molecule has 0 unspecified atom stereocenters. The maximum Gasteiger partial charge on any atom is 0.132 e. The van der Waals surface area contributed by atoms with Crippen LogP contribution in [-0.2, 0) is 5.41 Å². The maximum absolute atomic E-state index is 14.3. The average Bonchev–Trinajstić information content (AvgIpc) is 2.78. The minimum absolute atomic E-state index is 0.117. The Labute approximate surface area is 145 Å². The van der Waals surface area contributed by atoms with Gasteiger partial charge in [-0.05, 0) is 34.9 Å². The molecule has 120 valence electrons. The Morgan fingerprint density at radius 2 is 1.58 bits per heavy atom. The predicted molar refractivity (Wildman–Crippen MR) is 96.1 cm³/mol. The van der Waals surface area contributed by atoms with Crippen LogP contribution in [0.3, 0.4) is 0 Å². The number of rotatable bonds is 1. The van der Waals surface area contributed by atoms with Gasteiger partial charge in [0, 0.05) is 27.1 Å². The quantitative estimate of drug-likeness (QED) is 0.563. The molecule has 24 heavy (non-hydrogen) atoms. The lowest BCUT2D eigenvalue weighted by molar-refractivity contribution is 0.477. The van der Waals surface area contributed by atoms with Gasteiger partial charge < -0.3 is 5.11 Å². The summed E-state index contributed by atoms with van der Waals surface area (Å²) in [4.78, 5) is 0. The Morgan fingerprint density at radius 3 is 2.33 bits per heavy atom. The standard InChI is InChI=1S/C21H16ClFO/c1-21(2)16-6-4-3-5-15(16)19-17(21)10-9-14(20(19)24)13-8-7-12(22)11-18(13)23/h3-11,24H,1-2H3. The Bertz CT molecular complexity index is 976. The molecule has 4 rings (SSSR count). The van der Waals surface area contributed by atoms with Crippen LogP contribution in [0.25, 0.3) is 22.3 Å². The lowest BCUT2D eigenvalue weighted by Gasteiger charge is -2.21. The SMILES string of the molecule is CC1(C)c2ccccc2-c2c1ccc(-c1ccc(Cl)cc1F)c2O. The van der Waals surface area contributed by atoms with E-state index in [-0.39, 0.29) is 11.2 Å². The molecule has 1 aliphatic rings. The average molecular weight is 339 g/mol. The van der Waals surface area contributed by atoms with E-state index in [4.69, 9.17) is 11.6 Å². The van der Waals surface area contributed by atoms with Gasteiger partial charge in [0.15, 0.2) is 0 Å². The third-order valence-electron chi connectivity index (χ3n) is 4.94. The van der Waals surface area contributed by atoms with Crippen LogP contribution in [-0.4, -0.2) is 5.11 Å². The van der Waals surface area contributed by atoms with E-state index in [0.717, 1.165) is 16.7 Å². The van der Waals surface area contributed by atoms with Crippen LogP contribution in [0.2, 0.25) is 5.02 Å². The number of hydrogen-bond acceptors (Lipinski definition) is 1. The van der Waals surface area contributed by atoms with Crippen molar-refractivity contribution < 1.29 is 9.50 Å². The first-order valence-corrected chi connectivity index (χ1v) is 8.21. The zero-order valence-corrected chi connectivity index (χ0v) is 14.2. The van der Waals surface area contributed by atoms with Gasteiger partial charge in [0.25, 0.3) is 0 Å². The van der Waals surface area contributed by atoms with Gasteiger partial charge in [-0.1, -0.05) is 61.8 Å². The first kappa shape index (κ1) is 15.2. The van der Waals surface area contributed by atoms with Crippen molar-refractivity contribution in [2.24, 2.45) is 0 Å². The van der Waals surface area contributed by atoms with Crippen molar-refractivity contribution in [3.05, 3.63) is 76.6 Å². The molecule has 0 bridgehead atoms. The topological polar surface area (TPSA) is 20.2 Å². The summed E-state index contributed by atoms with van der Waals surface area (Å²) < 4.78 is 14.3. The summed E-state index contributed by atoms with van der Waals surface area (Å²) >= 11 is 5.84. The van der Waals surface area contributed by atoms with Crippen LogP contribution in [0.4, 0.5) is 4.39 Å². The van der Waals surface area contributed by atoms with E-state index < -0.39 is 5.82 Å². The smallest absolute Gasteiger partial charge is 0.132 e. The summed E-state index contributed by atoms with van der Waals surface area (Å²) in [5.74, 6) is -0.324. The lowest BCUT2D eigenvalue weighted by Crippen LogP contribution is -2.14. The van der Waals surface area contributed by atoms with Crippen LogP contribution in [0.15, 0.2) is 54.6 Å². The maximum atomic E-state index is 14.3. The molecule has 0 aromatic heterocycles. The number of fused-ring (bicyclic) bond motifs is 3. The molecule has 0 spiro atoms. The van der Waals surface area contributed by atoms with Crippen LogP contribution in [0.1, 0.15) is 25.0 Å². The van der Waals surface area contributed by atoms with E-state index in [9.17, 15) is 9.50 Å². The van der Waals surface area contributed by atoms with Crippen LogP contribution >= 0.6 is 11.6 Å². The molecule has 0 amide bonds. The molecular weight excluding hydrogens is 323 g/mol. The summed E-state index contributed by atoms with van der Waals surface area (Å²) in [7, 11) is 0.